The summed E-state index contributed by atoms with van der Waals surface area (Å²) in [5.74, 6) is 0.0675. The van der Waals surface area contributed by atoms with Crippen LogP contribution in [0.2, 0.25) is 0 Å². The molecule has 0 bridgehead atoms. The molecule has 0 unspecified atom stereocenters. The van der Waals surface area contributed by atoms with Crippen molar-refractivity contribution in [2.45, 2.75) is 27.2 Å². The first-order chi connectivity index (χ1) is 6.99. The summed E-state index contributed by atoms with van der Waals surface area (Å²) >= 11 is 0. The van der Waals surface area contributed by atoms with E-state index in [1.165, 1.54) is 11.1 Å². The van der Waals surface area contributed by atoms with Gasteiger partial charge in [0.05, 0.1) is 0 Å². The van der Waals surface area contributed by atoms with E-state index in [0.29, 0.717) is 0 Å². The van der Waals surface area contributed by atoms with Gasteiger partial charge in [-0.05, 0) is 18.9 Å². The summed E-state index contributed by atoms with van der Waals surface area (Å²) in [7, 11) is 0. The molecule has 1 heterocycles. The number of carbonyl (C=O) groups is 1. The van der Waals surface area contributed by atoms with Gasteiger partial charge in [0, 0.05) is 17.5 Å². The van der Waals surface area contributed by atoms with Crippen LogP contribution in [0.25, 0.3) is 0 Å². The van der Waals surface area contributed by atoms with Gasteiger partial charge in [0.2, 0.25) is 0 Å². The highest BCUT2D eigenvalue weighted by atomic mass is 16.1. The molecule has 1 N–H and O–H groups in total. The lowest BCUT2D eigenvalue weighted by Gasteiger charge is -2.19. The fraction of sp³-hybridized carbons (Fsp3) is 0.462. The van der Waals surface area contributed by atoms with Gasteiger partial charge in [0.15, 0.2) is 0 Å². The van der Waals surface area contributed by atoms with Gasteiger partial charge in [-0.3, -0.25) is 4.79 Å². The molecule has 0 aromatic carbocycles. The minimum atomic E-state index is 0.0434. The molecule has 1 amide bonds. The Bertz CT molecular complexity index is 397. The molecule has 2 heteroatoms. The van der Waals surface area contributed by atoms with Crippen LogP contribution >= 0.6 is 0 Å². The predicted molar refractivity (Wildman–Crippen MR) is 61.3 cm³/mol. The van der Waals surface area contributed by atoms with Crippen LogP contribution in [0, 0.1) is 5.41 Å². The fourth-order valence-corrected chi connectivity index (χ4v) is 2.25. The van der Waals surface area contributed by atoms with Gasteiger partial charge in [0.1, 0.15) is 0 Å². The van der Waals surface area contributed by atoms with E-state index < -0.39 is 0 Å². The maximum atomic E-state index is 11.7. The molecule has 0 saturated carbocycles. The predicted octanol–water partition coefficient (Wildman–Crippen LogP) is 2.35. The Labute approximate surface area is 90.7 Å². The van der Waals surface area contributed by atoms with E-state index in [-0.39, 0.29) is 11.3 Å². The molecule has 1 aliphatic carbocycles. The second-order valence-electron chi connectivity index (χ2n) is 4.88. The normalized spacial score (nSPS) is 24.2. The SMILES string of the molecule is CC1=CC(C)(C)C=CC2=C1CCNC2=O. The van der Waals surface area contributed by atoms with Crippen molar-refractivity contribution in [3.8, 4) is 0 Å². The van der Waals surface area contributed by atoms with Crippen molar-refractivity contribution in [2.24, 2.45) is 5.41 Å². The highest BCUT2D eigenvalue weighted by molar-refractivity contribution is 5.98. The topological polar surface area (TPSA) is 29.1 Å². The summed E-state index contributed by atoms with van der Waals surface area (Å²) < 4.78 is 0. The van der Waals surface area contributed by atoms with E-state index in [4.69, 9.17) is 0 Å². The number of hydrogen-bond acceptors (Lipinski definition) is 1. The molecule has 0 spiro atoms. The lowest BCUT2D eigenvalue weighted by atomic mass is 9.90. The molecule has 0 fully saturated rings. The zero-order valence-corrected chi connectivity index (χ0v) is 9.55. The number of nitrogens with one attached hydrogen (secondary N) is 1. The smallest absolute Gasteiger partial charge is 0.251 e. The Kier molecular flexibility index (Phi) is 2.29. The van der Waals surface area contributed by atoms with Gasteiger partial charge in [-0.15, -0.1) is 0 Å². The highest BCUT2D eigenvalue weighted by Crippen LogP contribution is 2.32. The molecule has 0 radical (unpaired) electrons. The quantitative estimate of drug-likeness (QED) is 0.643. The standard InChI is InChI=1S/C13H17NO/c1-9-8-13(2,3)6-4-11-10(9)5-7-14-12(11)15/h4,6,8H,5,7H2,1-3H3,(H,14,15). The molecule has 80 valence electrons. The number of allylic oxidation sites excluding steroid dienone is 3. The molecule has 15 heavy (non-hydrogen) atoms. The van der Waals surface area contributed by atoms with Crippen LogP contribution in [0.5, 0.6) is 0 Å². The number of amides is 1. The lowest BCUT2D eigenvalue weighted by Crippen LogP contribution is -2.31. The molecule has 0 atom stereocenters. The van der Waals surface area contributed by atoms with Crippen molar-refractivity contribution < 1.29 is 4.79 Å². The molecule has 0 aromatic heterocycles. The second-order valence-corrected chi connectivity index (χ2v) is 4.88. The summed E-state index contributed by atoms with van der Waals surface area (Å²) in [4.78, 5) is 11.7. The van der Waals surface area contributed by atoms with E-state index in [0.717, 1.165) is 18.5 Å². The molecule has 2 aliphatic rings. The summed E-state index contributed by atoms with van der Waals surface area (Å²) in [5.41, 5.74) is 3.35. The van der Waals surface area contributed by atoms with Crippen LogP contribution in [0.15, 0.2) is 34.9 Å². The summed E-state index contributed by atoms with van der Waals surface area (Å²) in [6.07, 6.45) is 7.26. The van der Waals surface area contributed by atoms with Gasteiger partial charge in [-0.2, -0.15) is 0 Å². The minimum Gasteiger partial charge on any atom is -0.352 e. The molecule has 0 saturated heterocycles. The minimum absolute atomic E-state index is 0.0434. The van der Waals surface area contributed by atoms with Crippen molar-refractivity contribution in [3.63, 3.8) is 0 Å². The zero-order valence-electron chi connectivity index (χ0n) is 9.55. The number of rotatable bonds is 0. The van der Waals surface area contributed by atoms with E-state index in [1.54, 1.807) is 0 Å². The number of carbonyl (C=O) groups excluding carboxylic acids is 1. The highest BCUT2D eigenvalue weighted by Gasteiger charge is 2.23. The lowest BCUT2D eigenvalue weighted by molar-refractivity contribution is -0.117. The molecule has 0 aromatic rings. The van der Waals surface area contributed by atoms with Crippen LogP contribution in [0.3, 0.4) is 0 Å². The van der Waals surface area contributed by atoms with E-state index in [9.17, 15) is 4.79 Å². The Morgan fingerprint density at radius 1 is 1.40 bits per heavy atom. The maximum absolute atomic E-state index is 11.7. The Hall–Kier alpha value is -1.31. The molecule has 1 aliphatic heterocycles. The van der Waals surface area contributed by atoms with E-state index in [2.05, 4.69) is 38.2 Å². The van der Waals surface area contributed by atoms with Gasteiger partial charge < -0.3 is 5.32 Å². The average molecular weight is 203 g/mol. The molecule has 2 rings (SSSR count). The summed E-state index contributed by atoms with van der Waals surface area (Å²) in [6.45, 7) is 7.17. The summed E-state index contributed by atoms with van der Waals surface area (Å²) in [6, 6.07) is 0. The molecular formula is C13H17NO. The van der Waals surface area contributed by atoms with Crippen molar-refractivity contribution in [3.05, 3.63) is 34.9 Å². The first kappa shape index (κ1) is 10.2. The Balaban J connectivity index is 2.52. The monoisotopic (exact) mass is 203 g/mol. The first-order valence-electron chi connectivity index (χ1n) is 5.40. The molecular weight excluding hydrogens is 186 g/mol. The third-order valence-electron chi connectivity index (χ3n) is 2.97. The fourth-order valence-electron chi connectivity index (χ4n) is 2.25. The average Bonchev–Trinajstić information content (AvgIpc) is 2.25. The van der Waals surface area contributed by atoms with E-state index in [1.807, 2.05) is 6.08 Å². The van der Waals surface area contributed by atoms with Crippen LogP contribution in [-0.2, 0) is 4.79 Å². The molecule has 2 nitrogen and oxygen atoms in total. The third kappa shape index (κ3) is 1.89. The second kappa shape index (κ2) is 3.37. The Morgan fingerprint density at radius 3 is 2.87 bits per heavy atom. The summed E-state index contributed by atoms with van der Waals surface area (Å²) in [5, 5.41) is 2.88. The van der Waals surface area contributed by atoms with Crippen molar-refractivity contribution >= 4 is 5.91 Å². The first-order valence-corrected chi connectivity index (χ1v) is 5.40. The van der Waals surface area contributed by atoms with Crippen molar-refractivity contribution in [2.75, 3.05) is 6.54 Å². The third-order valence-corrected chi connectivity index (χ3v) is 2.97. The zero-order chi connectivity index (χ0) is 11.1. The van der Waals surface area contributed by atoms with Gasteiger partial charge in [-0.1, -0.05) is 37.6 Å². The van der Waals surface area contributed by atoms with Gasteiger partial charge in [-0.25, -0.2) is 0 Å². The largest absolute Gasteiger partial charge is 0.352 e. The van der Waals surface area contributed by atoms with Gasteiger partial charge in [0.25, 0.3) is 5.91 Å². The number of hydrogen-bond donors (Lipinski definition) is 1. The van der Waals surface area contributed by atoms with Gasteiger partial charge >= 0.3 is 0 Å². The van der Waals surface area contributed by atoms with Crippen LogP contribution < -0.4 is 5.32 Å². The van der Waals surface area contributed by atoms with Crippen LogP contribution in [-0.4, -0.2) is 12.5 Å². The van der Waals surface area contributed by atoms with Crippen molar-refractivity contribution in [1.29, 1.82) is 0 Å². The maximum Gasteiger partial charge on any atom is 0.251 e. The van der Waals surface area contributed by atoms with Crippen LogP contribution in [0.4, 0.5) is 0 Å². The van der Waals surface area contributed by atoms with Crippen molar-refractivity contribution in [1.82, 2.24) is 5.32 Å². The Morgan fingerprint density at radius 2 is 2.13 bits per heavy atom. The van der Waals surface area contributed by atoms with Crippen LogP contribution in [0.1, 0.15) is 27.2 Å². The van der Waals surface area contributed by atoms with E-state index >= 15 is 0 Å².